The van der Waals surface area contributed by atoms with Gasteiger partial charge in [-0.25, -0.2) is 0 Å². The highest BCUT2D eigenvalue weighted by atomic mass is 16.3. The first-order valence-corrected chi connectivity index (χ1v) is 4.07. The van der Waals surface area contributed by atoms with Crippen LogP contribution in [0.1, 0.15) is 45.4 Å². The van der Waals surface area contributed by atoms with Crippen molar-refractivity contribution in [3.05, 3.63) is 6.23 Å². The number of aliphatic hydroxyl groups is 1. The molecule has 3 N–H and O–H groups in total. The molecule has 0 atom stereocenters. The van der Waals surface area contributed by atoms with Gasteiger partial charge in [-0.15, -0.1) is 0 Å². The zero-order valence-electron chi connectivity index (χ0n) is 6.77. The van der Waals surface area contributed by atoms with Gasteiger partial charge in [0.25, 0.3) is 0 Å². The van der Waals surface area contributed by atoms with Gasteiger partial charge in [0.05, 0.1) is 0 Å². The quantitative estimate of drug-likeness (QED) is 0.561. The van der Waals surface area contributed by atoms with Gasteiger partial charge in [-0.1, -0.05) is 32.6 Å². The molecule has 0 aliphatic rings. The topological polar surface area (TPSA) is 46.2 Å². The summed E-state index contributed by atoms with van der Waals surface area (Å²) in [6.07, 6.45) is 6.80. The molecule has 0 aromatic carbocycles. The van der Waals surface area contributed by atoms with Gasteiger partial charge in [0.2, 0.25) is 0 Å². The standard InChI is InChI=1S/C8H18NO/c1-2-3-4-5-6-7-8(9)10/h10H,2-7,9H2,1H3. The normalized spacial score (nSPS) is 10.8. The van der Waals surface area contributed by atoms with Crippen LogP contribution in [0.5, 0.6) is 0 Å². The van der Waals surface area contributed by atoms with Gasteiger partial charge >= 0.3 is 0 Å². The second-order valence-corrected chi connectivity index (χ2v) is 2.66. The summed E-state index contributed by atoms with van der Waals surface area (Å²) in [4.78, 5) is 0. The van der Waals surface area contributed by atoms with Crippen molar-refractivity contribution in [1.29, 1.82) is 0 Å². The molecular weight excluding hydrogens is 126 g/mol. The molecule has 0 saturated carbocycles. The van der Waals surface area contributed by atoms with Crippen LogP contribution in [0, 0.1) is 6.23 Å². The molecule has 0 fully saturated rings. The highest BCUT2D eigenvalue weighted by Gasteiger charge is 1.95. The zero-order valence-corrected chi connectivity index (χ0v) is 6.77. The van der Waals surface area contributed by atoms with Crippen LogP contribution in [-0.2, 0) is 0 Å². The van der Waals surface area contributed by atoms with E-state index in [9.17, 15) is 0 Å². The largest absolute Gasteiger partial charge is 0.372 e. The minimum absolute atomic E-state index is 0.0801. The predicted octanol–water partition coefficient (Wildman–Crippen LogP) is 2.17. The van der Waals surface area contributed by atoms with Crippen molar-refractivity contribution in [2.24, 2.45) is 5.73 Å². The van der Waals surface area contributed by atoms with Crippen LogP contribution >= 0.6 is 0 Å². The third-order valence-electron chi connectivity index (χ3n) is 1.54. The van der Waals surface area contributed by atoms with Crippen molar-refractivity contribution in [1.82, 2.24) is 0 Å². The Bertz CT molecular complexity index is 64.3. The van der Waals surface area contributed by atoms with Crippen LogP contribution in [-0.4, -0.2) is 5.11 Å². The number of hydrogen-bond acceptors (Lipinski definition) is 2. The fourth-order valence-corrected chi connectivity index (χ4v) is 0.910. The Morgan fingerprint density at radius 3 is 2.30 bits per heavy atom. The number of unbranched alkanes of at least 4 members (excludes halogenated alkanes) is 4. The van der Waals surface area contributed by atoms with E-state index in [0.717, 1.165) is 6.42 Å². The van der Waals surface area contributed by atoms with E-state index >= 15 is 0 Å². The van der Waals surface area contributed by atoms with Gasteiger partial charge in [-0.2, -0.15) is 0 Å². The SMILES string of the molecule is CCCCCCC[C](N)O. The van der Waals surface area contributed by atoms with Crippen LogP contribution < -0.4 is 5.73 Å². The lowest BCUT2D eigenvalue weighted by atomic mass is 10.1. The van der Waals surface area contributed by atoms with E-state index in [1.165, 1.54) is 25.7 Å². The smallest absolute Gasteiger partial charge is 0.155 e. The van der Waals surface area contributed by atoms with Crippen molar-refractivity contribution >= 4 is 0 Å². The summed E-state index contributed by atoms with van der Waals surface area (Å²) in [5.41, 5.74) is 5.08. The highest BCUT2D eigenvalue weighted by Crippen LogP contribution is 2.07. The van der Waals surface area contributed by atoms with Gasteiger partial charge < -0.3 is 10.8 Å². The van der Waals surface area contributed by atoms with Gasteiger partial charge in [0.15, 0.2) is 6.23 Å². The molecular formula is C8H18NO. The average molecular weight is 144 g/mol. The molecule has 0 rings (SSSR count). The van der Waals surface area contributed by atoms with Crippen LogP contribution in [0.3, 0.4) is 0 Å². The average Bonchev–Trinajstić information content (AvgIpc) is 1.87. The van der Waals surface area contributed by atoms with Crippen molar-refractivity contribution in [2.75, 3.05) is 0 Å². The second-order valence-electron chi connectivity index (χ2n) is 2.66. The summed E-state index contributed by atoms with van der Waals surface area (Å²) in [7, 11) is 0. The maximum absolute atomic E-state index is 8.60. The van der Waals surface area contributed by atoms with E-state index in [0.29, 0.717) is 6.42 Å². The van der Waals surface area contributed by atoms with Gasteiger partial charge in [0, 0.05) is 0 Å². The van der Waals surface area contributed by atoms with E-state index in [2.05, 4.69) is 6.92 Å². The summed E-state index contributed by atoms with van der Waals surface area (Å²) < 4.78 is 0. The minimum Gasteiger partial charge on any atom is -0.372 e. The van der Waals surface area contributed by atoms with E-state index in [1.807, 2.05) is 0 Å². The molecule has 0 spiro atoms. The number of nitrogens with two attached hydrogens (primary N) is 1. The van der Waals surface area contributed by atoms with E-state index in [-0.39, 0.29) is 6.23 Å². The van der Waals surface area contributed by atoms with Crippen molar-refractivity contribution < 1.29 is 5.11 Å². The summed E-state index contributed by atoms with van der Waals surface area (Å²) in [6.45, 7) is 2.19. The number of rotatable bonds is 6. The molecule has 0 saturated heterocycles. The Balaban J connectivity index is 2.77. The molecule has 2 heteroatoms. The van der Waals surface area contributed by atoms with Crippen LogP contribution in [0.4, 0.5) is 0 Å². The Kier molecular flexibility index (Phi) is 6.98. The Labute approximate surface area is 63.4 Å². The predicted molar refractivity (Wildman–Crippen MR) is 42.7 cm³/mol. The van der Waals surface area contributed by atoms with Crippen molar-refractivity contribution in [2.45, 2.75) is 45.4 Å². The molecule has 0 unspecified atom stereocenters. The number of aliphatic hydroxyl groups excluding tert-OH is 1. The second kappa shape index (κ2) is 7.03. The zero-order chi connectivity index (χ0) is 7.82. The van der Waals surface area contributed by atoms with E-state index in [4.69, 9.17) is 10.8 Å². The molecule has 1 radical (unpaired) electrons. The third-order valence-corrected chi connectivity index (χ3v) is 1.54. The van der Waals surface area contributed by atoms with Crippen molar-refractivity contribution in [3.63, 3.8) is 0 Å². The van der Waals surface area contributed by atoms with E-state index < -0.39 is 0 Å². The first-order chi connectivity index (χ1) is 4.77. The molecule has 0 bridgehead atoms. The molecule has 0 aromatic rings. The lowest BCUT2D eigenvalue weighted by molar-refractivity contribution is 0.280. The first-order valence-electron chi connectivity index (χ1n) is 4.07. The number of hydrogen-bond donors (Lipinski definition) is 2. The lowest BCUT2D eigenvalue weighted by Gasteiger charge is -2.01. The van der Waals surface area contributed by atoms with Crippen LogP contribution in [0.15, 0.2) is 0 Å². The van der Waals surface area contributed by atoms with Gasteiger partial charge in [-0.05, 0) is 12.8 Å². The molecule has 2 nitrogen and oxygen atoms in total. The lowest BCUT2D eigenvalue weighted by Crippen LogP contribution is -2.07. The van der Waals surface area contributed by atoms with E-state index in [1.54, 1.807) is 0 Å². The first kappa shape index (κ1) is 9.92. The highest BCUT2D eigenvalue weighted by molar-refractivity contribution is 4.63. The molecule has 61 valence electrons. The summed E-state index contributed by atoms with van der Waals surface area (Å²) in [6, 6.07) is 0. The van der Waals surface area contributed by atoms with Crippen LogP contribution in [0.25, 0.3) is 0 Å². The monoisotopic (exact) mass is 144 g/mol. The minimum atomic E-state index is 0.0801. The molecule has 0 aliphatic heterocycles. The molecule has 0 amide bonds. The maximum Gasteiger partial charge on any atom is 0.155 e. The third kappa shape index (κ3) is 7.92. The van der Waals surface area contributed by atoms with Crippen molar-refractivity contribution in [3.8, 4) is 0 Å². The Morgan fingerprint density at radius 1 is 1.20 bits per heavy atom. The fourth-order valence-electron chi connectivity index (χ4n) is 0.910. The van der Waals surface area contributed by atoms with Gasteiger partial charge in [0.1, 0.15) is 0 Å². The summed E-state index contributed by atoms with van der Waals surface area (Å²) in [5, 5.41) is 8.60. The maximum atomic E-state index is 8.60. The van der Waals surface area contributed by atoms with Crippen LogP contribution in [0.2, 0.25) is 0 Å². The Morgan fingerprint density at radius 2 is 1.80 bits per heavy atom. The summed E-state index contributed by atoms with van der Waals surface area (Å²) >= 11 is 0. The molecule has 0 aliphatic carbocycles. The molecule has 10 heavy (non-hydrogen) atoms. The molecule has 0 heterocycles. The summed E-state index contributed by atoms with van der Waals surface area (Å²) in [5.74, 6) is 0. The Hall–Kier alpha value is -0.0800. The molecule has 0 aromatic heterocycles. The fraction of sp³-hybridized carbons (Fsp3) is 0.875. The van der Waals surface area contributed by atoms with Gasteiger partial charge in [-0.3, -0.25) is 0 Å².